The number of phenols is 1. The van der Waals surface area contributed by atoms with Crippen molar-refractivity contribution in [2.45, 2.75) is 70.8 Å². The second-order valence-electron chi connectivity index (χ2n) is 17.8. The Morgan fingerprint density at radius 2 is 1.47 bits per heavy atom. The normalized spacial score (nSPS) is 20.6. The number of carboxylic acids is 1. The summed E-state index contributed by atoms with van der Waals surface area (Å²) in [4.78, 5) is 26.0. The molecule has 0 radical (unpaired) electrons. The molecular formula is C51H55N7O3S. The summed E-state index contributed by atoms with van der Waals surface area (Å²) in [6.07, 6.45) is 4.32. The lowest BCUT2D eigenvalue weighted by atomic mass is 9.69. The van der Waals surface area contributed by atoms with Crippen LogP contribution in [0.2, 0.25) is 0 Å². The van der Waals surface area contributed by atoms with Crippen molar-refractivity contribution in [3.05, 3.63) is 153 Å². The highest BCUT2D eigenvalue weighted by atomic mass is 32.1. The molecule has 4 aromatic carbocycles. The third-order valence-corrected chi connectivity index (χ3v) is 15.2. The van der Waals surface area contributed by atoms with E-state index in [9.17, 15) is 15.0 Å². The summed E-state index contributed by atoms with van der Waals surface area (Å²) in [5.74, 6) is 2.14. The smallest absolute Gasteiger partial charge is 0.306 e. The number of piperidine rings is 1. The molecule has 1 aliphatic carbocycles. The number of fused-ring (bicyclic) bond motifs is 4. The minimum Gasteiger partial charge on any atom is -0.508 e. The molecule has 0 amide bonds. The van der Waals surface area contributed by atoms with Crippen molar-refractivity contribution < 1.29 is 15.0 Å². The van der Waals surface area contributed by atoms with Gasteiger partial charge in [-0.15, -0.1) is 21.5 Å². The van der Waals surface area contributed by atoms with Crippen molar-refractivity contribution >= 4 is 34.4 Å². The van der Waals surface area contributed by atoms with Gasteiger partial charge in [-0.2, -0.15) is 0 Å². The standard InChI is InChI=1S/C51H55N7O3S/c1-32-33(2)62-51-47(32)49(52-45(30-46(60)61)50-54-53-34(3)58(50)51)38-11-16-41(17-12-38)57-27-25-55(26-28-57)31-35-21-23-56(24-22-35)40-14-9-37(10-15-40)48-43(36-7-5-4-6-8-36)19-13-39-29-42(59)18-20-44(39)48/h4-12,14-18,20,29,35,43,45,48,59H,13,19,21-28,30-31H2,1-3H3,(H,60,61)/t43-,45+,48+/m1/s1. The number of hydrogen-bond donors (Lipinski definition) is 2. The molecule has 10 nitrogen and oxygen atoms in total. The second kappa shape index (κ2) is 16.8. The molecule has 3 atom stereocenters. The Balaban J connectivity index is 0.757. The predicted molar refractivity (Wildman–Crippen MR) is 248 cm³/mol. The fourth-order valence-electron chi connectivity index (χ4n) is 10.6. The molecule has 2 N–H and O–H groups in total. The van der Waals surface area contributed by atoms with E-state index in [1.807, 2.05) is 23.6 Å². The Kier molecular flexibility index (Phi) is 10.9. The Labute approximate surface area is 368 Å². The highest BCUT2D eigenvalue weighted by molar-refractivity contribution is 7.15. The Morgan fingerprint density at radius 1 is 0.774 bits per heavy atom. The quantitative estimate of drug-likeness (QED) is 0.148. The van der Waals surface area contributed by atoms with Gasteiger partial charge in [0.2, 0.25) is 0 Å². The van der Waals surface area contributed by atoms with Crippen molar-refractivity contribution in [3.8, 4) is 10.8 Å². The topological polar surface area (TPSA) is 110 Å². The number of aromatic hydroxyl groups is 1. The second-order valence-corrected chi connectivity index (χ2v) is 19.0. The van der Waals surface area contributed by atoms with E-state index >= 15 is 0 Å². The molecule has 0 saturated carbocycles. The number of piperazine rings is 1. The number of rotatable bonds is 9. The van der Waals surface area contributed by atoms with Gasteiger partial charge in [-0.05, 0) is 123 Å². The molecule has 0 spiro atoms. The van der Waals surface area contributed by atoms with E-state index in [0.29, 0.717) is 23.4 Å². The zero-order valence-electron chi connectivity index (χ0n) is 35.9. The first-order chi connectivity index (χ1) is 30.2. The zero-order chi connectivity index (χ0) is 42.5. The van der Waals surface area contributed by atoms with Gasteiger partial charge in [-0.1, -0.05) is 60.7 Å². The van der Waals surface area contributed by atoms with E-state index in [-0.39, 0.29) is 12.3 Å². The first-order valence-electron chi connectivity index (χ1n) is 22.3. The number of carbonyl (C=O) groups is 1. The van der Waals surface area contributed by atoms with E-state index in [4.69, 9.17) is 4.99 Å². The molecule has 2 aromatic heterocycles. The molecule has 62 heavy (non-hydrogen) atoms. The summed E-state index contributed by atoms with van der Waals surface area (Å²) in [5.41, 5.74) is 11.9. The van der Waals surface area contributed by atoms with Gasteiger partial charge >= 0.3 is 5.97 Å². The molecule has 5 heterocycles. The van der Waals surface area contributed by atoms with Gasteiger partial charge in [-0.25, -0.2) is 0 Å². The maximum Gasteiger partial charge on any atom is 0.306 e. The number of hydrogen-bond acceptors (Lipinski definition) is 9. The number of anilines is 2. The lowest BCUT2D eigenvalue weighted by Gasteiger charge is -2.40. The molecule has 6 aromatic rings. The van der Waals surface area contributed by atoms with Crippen molar-refractivity contribution in [2.24, 2.45) is 10.9 Å². The van der Waals surface area contributed by atoms with Crippen LogP contribution in [0.1, 0.15) is 99.0 Å². The fourth-order valence-corrected chi connectivity index (χ4v) is 11.8. The van der Waals surface area contributed by atoms with Crippen LogP contribution in [0.5, 0.6) is 5.75 Å². The summed E-state index contributed by atoms with van der Waals surface area (Å²) in [5, 5.41) is 29.8. The third-order valence-electron chi connectivity index (χ3n) is 14.1. The van der Waals surface area contributed by atoms with Gasteiger partial charge in [0.05, 0.1) is 12.1 Å². The van der Waals surface area contributed by atoms with E-state index in [1.165, 1.54) is 51.3 Å². The summed E-state index contributed by atoms with van der Waals surface area (Å²) >= 11 is 1.68. The van der Waals surface area contributed by atoms with E-state index < -0.39 is 12.0 Å². The molecule has 3 aliphatic heterocycles. The van der Waals surface area contributed by atoms with Gasteiger partial charge in [0.1, 0.15) is 22.6 Å². The van der Waals surface area contributed by atoms with Gasteiger partial charge < -0.3 is 20.0 Å². The first kappa shape index (κ1) is 40.3. The third kappa shape index (κ3) is 7.70. The number of benzene rings is 4. The highest BCUT2D eigenvalue weighted by Gasteiger charge is 2.34. The van der Waals surface area contributed by atoms with Gasteiger partial charge in [0.25, 0.3) is 0 Å². The lowest BCUT2D eigenvalue weighted by Crippen LogP contribution is -2.49. The van der Waals surface area contributed by atoms with Crippen LogP contribution in [0.3, 0.4) is 0 Å². The van der Waals surface area contributed by atoms with E-state index in [0.717, 1.165) is 91.9 Å². The Hall–Kier alpha value is -5.78. The van der Waals surface area contributed by atoms with Crippen LogP contribution in [0.25, 0.3) is 5.00 Å². The van der Waals surface area contributed by atoms with Crippen molar-refractivity contribution in [3.63, 3.8) is 0 Å². The van der Waals surface area contributed by atoms with E-state index in [1.54, 1.807) is 11.3 Å². The van der Waals surface area contributed by atoms with Gasteiger partial charge in [0.15, 0.2) is 5.82 Å². The number of aromatic nitrogens is 3. The maximum atomic E-state index is 12.0. The average molecular weight is 846 g/mol. The summed E-state index contributed by atoms with van der Waals surface area (Å²) < 4.78 is 2.01. The summed E-state index contributed by atoms with van der Waals surface area (Å²) in [6, 6.07) is 34.4. The monoisotopic (exact) mass is 845 g/mol. The average Bonchev–Trinajstić information content (AvgIpc) is 3.78. The number of thiophene rings is 1. The zero-order valence-corrected chi connectivity index (χ0v) is 36.7. The molecule has 10 rings (SSSR count). The molecular weight excluding hydrogens is 791 g/mol. The minimum atomic E-state index is -0.909. The Morgan fingerprint density at radius 3 is 2.18 bits per heavy atom. The number of nitrogens with zero attached hydrogens (tertiary/aromatic N) is 7. The largest absolute Gasteiger partial charge is 0.508 e. The van der Waals surface area contributed by atoms with Gasteiger partial charge in [-0.3, -0.25) is 19.3 Å². The van der Waals surface area contributed by atoms with Crippen LogP contribution >= 0.6 is 11.3 Å². The number of aliphatic carboxylic acids is 1. The maximum absolute atomic E-state index is 12.0. The molecule has 11 heteroatoms. The van der Waals surface area contributed by atoms with Gasteiger partial charge in [0, 0.05) is 79.1 Å². The van der Waals surface area contributed by atoms with Crippen LogP contribution in [0, 0.1) is 26.7 Å². The minimum absolute atomic E-state index is 0.148. The summed E-state index contributed by atoms with van der Waals surface area (Å²) in [6.45, 7) is 13.6. The lowest BCUT2D eigenvalue weighted by molar-refractivity contribution is -0.137. The van der Waals surface area contributed by atoms with Crippen LogP contribution in [0.15, 0.2) is 102 Å². The molecule has 2 fully saturated rings. The number of aryl methyl sites for hydroxylation is 3. The SMILES string of the molecule is Cc1sc2c(c1C)C(c1ccc(N3CCN(CC4CCN(c5ccc([C@@H]6c7ccc(O)cc7CC[C@@H]6c6ccccc6)cc5)CC4)CC3)cc1)=N[C@@H](CC(=O)O)c1nnc(C)n1-2. The van der Waals surface area contributed by atoms with Crippen molar-refractivity contribution in [1.82, 2.24) is 19.7 Å². The van der Waals surface area contributed by atoms with Crippen LogP contribution in [-0.4, -0.2) is 87.4 Å². The van der Waals surface area contributed by atoms with E-state index in [2.05, 4.69) is 124 Å². The Bertz CT molecular complexity index is 2600. The number of aliphatic imine (C=N–C) groups is 1. The predicted octanol–water partition coefficient (Wildman–Crippen LogP) is 9.23. The highest BCUT2D eigenvalue weighted by Crippen LogP contribution is 2.47. The fraction of sp³-hybridized carbons (Fsp3) is 0.373. The summed E-state index contributed by atoms with van der Waals surface area (Å²) in [7, 11) is 0. The number of carboxylic acid groups (broad SMARTS) is 1. The van der Waals surface area contributed by atoms with Crippen molar-refractivity contribution in [2.75, 3.05) is 55.6 Å². The molecule has 0 unspecified atom stereocenters. The molecule has 0 bridgehead atoms. The van der Waals surface area contributed by atoms with Crippen molar-refractivity contribution in [1.29, 1.82) is 0 Å². The van der Waals surface area contributed by atoms with Crippen LogP contribution in [0.4, 0.5) is 11.4 Å². The molecule has 4 aliphatic rings. The number of phenolic OH excluding ortho intramolecular Hbond substituents is 1. The van der Waals surface area contributed by atoms with Crippen LogP contribution in [-0.2, 0) is 11.2 Å². The van der Waals surface area contributed by atoms with Crippen LogP contribution < -0.4 is 9.80 Å². The first-order valence-corrected chi connectivity index (χ1v) is 23.1. The molecule has 2 saturated heterocycles. The molecule has 318 valence electrons.